The molecule has 3 rings (SSSR count). The lowest BCUT2D eigenvalue weighted by molar-refractivity contribution is -0.137. The number of ether oxygens (including phenoxy) is 1. The fraction of sp³-hybridized carbons (Fsp3) is 0.619. The second kappa shape index (κ2) is 9.22. The Labute approximate surface area is 162 Å². The van der Waals surface area contributed by atoms with Crippen molar-refractivity contribution in [3.8, 4) is 5.75 Å². The summed E-state index contributed by atoms with van der Waals surface area (Å²) < 4.78 is 5.40. The molecule has 1 heterocycles. The van der Waals surface area contributed by atoms with Crippen LogP contribution in [0.5, 0.6) is 5.75 Å². The van der Waals surface area contributed by atoms with E-state index in [9.17, 15) is 9.59 Å². The van der Waals surface area contributed by atoms with Crippen LogP contribution in [0.25, 0.3) is 0 Å². The van der Waals surface area contributed by atoms with Crippen LogP contribution < -0.4 is 4.74 Å². The standard InChI is InChI=1S/C21H31N3O3/c1-17(2)24(18-8-6-7-9-18)20(25)16-22-12-14-23(15-13-22)21(26)27-19-10-4-3-5-11-19/h3-5,10-11,17-18H,6-9,12-16H2,1-2H3. The second-order valence-electron chi connectivity index (χ2n) is 7.78. The molecule has 2 amide bonds. The topological polar surface area (TPSA) is 53.1 Å². The van der Waals surface area contributed by atoms with E-state index in [4.69, 9.17) is 4.74 Å². The minimum atomic E-state index is -0.318. The molecule has 1 aromatic rings. The summed E-state index contributed by atoms with van der Waals surface area (Å²) in [6.07, 6.45) is 4.39. The van der Waals surface area contributed by atoms with Crippen LogP contribution in [-0.4, -0.2) is 71.5 Å². The molecule has 0 aromatic heterocycles. The third-order valence-corrected chi connectivity index (χ3v) is 5.50. The van der Waals surface area contributed by atoms with E-state index < -0.39 is 0 Å². The molecule has 0 radical (unpaired) electrons. The van der Waals surface area contributed by atoms with Gasteiger partial charge >= 0.3 is 6.09 Å². The number of hydrogen-bond donors (Lipinski definition) is 0. The number of carbonyl (C=O) groups excluding carboxylic acids is 2. The van der Waals surface area contributed by atoms with Gasteiger partial charge in [0.1, 0.15) is 5.75 Å². The minimum absolute atomic E-state index is 0.220. The molecule has 0 N–H and O–H groups in total. The van der Waals surface area contributed by atoms with E-state index >= 15 is 0 Å². The average molecular weight is 373 g/mol. The largest absolute Gasteiger partial charge is 0.415 e. The van der Waals surface area contributed by atoms with Crippen molar-refractivity contribution < 1.29 is 14.3 Å². The van der Waals surface area contributed by atoms with Crippen molar-refractivity contribution >= 4 is 12.0 Å². The van der Waals surface area contributed by atoms with Crippen molar-refractivity contribution in [1.82, 2.24) is 14.7 Å². The predicted octanol–water partition coefficient (Wildman–Crippen LogP) is 2.98. The highest BCUT2D eigenvalue weighted by Crippen LogP contribution is 2.25. The lowest BCUT2D eigenvalue weighted by Gasteiger charge is -2.37. The Balaban J connectivity index is 1.47. The first kappa shape index (κ1) is 19.7. The van der Waals surface area contributed by atoms with E-state index in [1.54, 1.807) is 17.0 Å². The Morgan fingerprint density at radius 1 is 1.07 bits per heavy atom. The van der Waals surface area contributed by atoms with Gasteiger partial charge in [0.2, 0.25) is 5.91 Å². The molecule has 1 saturated carbocycles. The molecule has 1 aliphatic heterocycles. The van der Waals surface area contributed by atoms with Gasteiger partial charge in [0.25, 0.3) is 0 Å². The highest BCUT2D eigenvalue weighted by Gasteiger charge is 2.31. The van der Waals surface area contributed by atoms with E-state index in [0.717, 1.165) is 12.8 Å². The Bertz CT molecular complexity index is 621. The van der Waals surface area contributed by atoms with E-state index in [-0.39, 0.29) is 18.0 Å². The molecule has 0 unspecified atom stereocenters. The van der Waals surface area contributed by atoms with Gasteiger partial charge in [-0.15, -0.1) is 0 Å². The lowest BCUT2D eigenvalue weighted by Crippen LogP contribution is -2.54. The summed E-state index contributed by atoms with van der Waals surface area (Å²) >= 11 is 0. The molecule has 27 heavy (non-hydrogen) atoms. The summed E-state index contributed by atoms with van der Waals surface area (Å²) in [6, 6.07) is 9.77. The number of nitrogens with zero attached hydrogens (tertiary/aromatic N) is 3. The van der Waals surface area contributed by atoms with Gasteiger partial charge in [-0.1, -0.05) is 31.0 Å². The molecule has 148 valence electrons. The maximum absolute atomic E-state index is 12.9. The van der Waals surface area contributed by atoms with E-state index in [2.05, 4.69) is 23.6 Å². The highest BCUT2D eigenvalue weighted by molar-refractivity contribution is 5.79. The zero-order valence-electron chi connectivity index (χ0n) is 16.5. The van der Waals surface area contributed by atoms with Gasteiger partial charge in [0.05, 0.1) is 6.54 Å². The van der Waals surface area contributed by atoms with Crippen LogP contribution in [0.3, 0.4) is 0 Å². The minimum Gasteiger partial charge on any atom is -0.410 e. The van der Waals surface area contributed by atoms with Crippen molar-refractivity contribution in [2.75, 3.05) is 32.7 Å². The van der Waals surface area contributed by atoms with Gasteiger partial charge in [0.15, 0.2) is 0 Å². The van der Waals surface area contributed by atoms with Crippen LogP contribution in [0.1, 0.15) is 39.5 Å². The maximum Gasteiger partial charge on any atom is 0.415 e. The quantitative estimate of drug-likeness (QED) is 0.796. The van der Waals surface area contributed by atoms with Crippen LogP contribution in [0.2, 0.25) is 0 Å². The van der Waals surface area contributed by atoms with E-state index in [0.29, 0.717) is 44.5 Å². The first-order valence-corrected chi connectivity index (χ1v) is 10.1. The van der Waals surface area contributed by atoms with Crippen molar-refractivity contribution in [2.45, 2.75) is 51.6 Å². The van der Waals surface area contributed by atoms with Crippen molar-refractivity contribution in [2.24, 2.45) is 0 Å². The number of piperazine rings is 1. The Morgan fingerprint density at radius 3 is 2.30 bits per heavy atom. The van der Waals surface area contributed by atoms with E-state index in [1.807, 2.05) is 18.2 Å². The number of benzene rings is 1. The van der Waals surface area contributed by atoms with Gasteiger partial charge in [-0.3, -0.25) is 9.69 Å². The van der Waals surface area contributed by atoms with Gasteiger partial charge in [-0.25, -0.2) is 4.79 Å². The molecule has 6 heteroatoms. The second-order valence-corrected chi connectivity index (χ2v) is 7.78. The van der Waals surface area contributed by atoms with Crippen LogP contribution in [-0.2, 0) is 4.79 Å². The molecule has 1 aliphatic carbocycles. The molecule has 1 aromatic carbocycles. The normalized spacial score (nSPS) is 18.7. The molecular weight excluding hydrogens is 342 g/mol. The maximum atomic E-state index is 12.9. The van der Waals surface area contributed by atoms with Crippen LogP contribution in [0.15, 0.2) is 30.3 Å². The third kappa shape index (κ3) is 5.22. The molecular formula is C21H31N3O3. The summed E-state index contributed by atoms with van der Waals surface area (Å²) in [7, 11) is 0. The molecule has 0 atom stereocenters. The van der Waals surface area contributed by atoms with Gasteiger partial charge in [-0.2, -0.15) is 0 Å². The summed E-state index contributed by atoms with van der Waals surface area (Å²) in [5.74, 6) is 0.779. The average Bonchev–Trinajstić information content (AvgIpc) is 3.17. The van der Waals surface area contributed by atoms with Crippen LogP contribution in [0.4, 0.5) is 4.79 Å². The Morgan fingerprint density at radius 2 is 1.70 bits per heavy atom. The van der Waals surface area contributed by atoms with Crippen molar-refractivity contribution in [3.05, 3.63) is 30.3 Å². The first-order chi connectivity index (χ1) is 13.0. The summed E-state index contributed by atoms with van der Waals surface area (Å²) in [4.78, 5) is 31.1. The number of amides is 2. The fourth-order valence-electron chi connectivity index (χ4n) is 4.11. The van der Waals surface area contributed by atoms with Crippen molar-refractivity contribution in [3.63, 3.8) is 0 Å². The third-order valence-electron chi connectivity index (χ3n) is 5.50. The molecule has 6 nitrogen and oxygen atoms in total. The van der Waals surface area contributed by atoms with Crippen molar-refractivity contribution in [1.29, 1.82) is 0 Å². The SMILES string of the molecule is CC(C)N(C(=O)CN1CCN(C(=O)Oc2ccccc2)CC1)C1CCCC1. The van der Waals surface area contributed by atoms with Gasteiger partial charge < -0.3 is 14.5 Å². The molecule has 1 saturated heterocycles. The summed E-state index contributed by atoms with van der Waals surface area (Å²) in [5, 5.41) is 0. The zero-order valence-corrected chi connectivity index (χ0v) is 16.5. The number of para-hydroxylation sites is 1. The van der Waals surface area contributed by atoms with E-state index in [1.165, 1.54) is 12.8 Å². The highest BCUT2D eigenvalue weighted by atomic mass is 16.6. The molecule has 0 spiro atoms. The number of carbonyl (C=O) groups is 2. The first-order valence-electron chi connectivity index (χ1n) is 10.1. The van der Waals surface area contributed by atoms with Gasteiger partial charge in [-0.05, 0) is 38.8 Å². The zero-order chi connectivity index (χ0) is 19.2. The molecule has 2 fully saturated rings. The van der Waals surface area contributed by atoms with Crippen LogP contribution >= 0.6 is 0 Å². The number of rotatable bonds is 5. The van der Waals surface area contributed by atoms with Crippen LogP contribution in [0, 0.1) is 0 Å². The predicted molar refractivity (Wildman–Crippen MR) is 105 cm³/mol. The summed E-state index contributed by atoms with van der Waals surface area (Å²) in [5.41, 5.74) is 0. The van der Waals surface area contributed by atoms with Gasteiger partial charge in [0, 0.05) is 38.3 Å². The summed E-state index contributed by atoms with van der Waals surface area (Å²) in [6.45, 7) is 7.23. The monoisotopic (exact) mass is 373 g/mol. The molecule has 2 aliphatic rings. The fourth-order valence-corrected chi connectivity index (χ4v) is 4.11. The smallest absolute Gasteiger partial charge is 0.410 e. The Kier molecular flexibility index (Phi) is 6.72. The Hall–Kier alpha value is -2.08. The lowest BCUT2D eigenvalue weighted by atomic mass is 10.1. The number of hydrogen-bond acceptors (Lipinski definition) is 4. The molecule has 0 bridgehead atoms.